The molecular weight excluding hydrogens is 148 g/mol. The van der Waals surface area contributed by atoms with Gasteiger partial charge in [0.15, 0.2) is 0 Å². The van der Waals surface area contributed by atoms with E-state index in [4.69, 9.17) is 0 Å². The predicted molar refractivity (Wildman–Crippen MR) is 51.3 cm³/mol. The lowest BCUT2D eigenvalue weighted by molar-refractivity contribution is 0.358. The Labute approximate surface area is 75.1 Å². The molecule has 70 valence electrons. The Morgan fingerprint density at radius 3 is 2.50 bits per heavy atom. The second-order valence-electron chi connectivity index (χ2n) is 5.01. The van der Waals surface area contributed by atoms with Gasteiger partial charge in [-0.1, -0.05) is 0 Å². The first kappa shape index (κ1) is 8.52. The second-order valence-corrected chi connectivity index (χ2v) is 5.01. The molecule has 12 heavy (non-hydrogen) atoms. The first-order chi connectivity index (χ1) is 5.62. The monoisotopic (exact) mass is 168 g/mol. The number of nitrogens with one attached hydrogen (secondary N) is 2. The summed E-state index contributed by atoms with van der Waals surface area (Å²) in [4.78, 5) is 0. The van der Waals surface area contributed by atoms with Crippen molar-refractivity contribution in [2.75, 3.05) is 13.1 Å². The third kappa shape index (κ3) is 1.80. The third-order valence-corrected chi connectivity index (χ3v) is 3.36. The standard InChI is InChI=1S/C10H20N2/c1-9(5-6-9)12-8-10(2)4-3-7-11-10/h11-12H,3-8H2,1-2H3. The molecule has 0 spiro atoms. The van der Waals surface area contributed by atoms with E-state index in [9.17, 15) is 0 Å². The zero-order valence-corrected chi connectivity index (χ0v) is 8.24. The Hall–Kier alpha value is -0.0800. The van der Waals surface area contributed by atoms with Crippen LogP contribution in [0.4, 0.5) is 0 Å². The van der Waals surface area contributed by atoms with Crippen LogP contribution in [0.2, 0.25) is 0 Å². The van der Waals surface area contributed by atoms with Gasteiger partial charge in [-0.15, -0.1) is 0 Å². The largest absolute Gasteiger partial charge is 0.310 e. The molecule has 2 N–H and O–H groups in total. The summed E-state index contributed by atoms with van der Waals surface area (Å²) in [6.07, 6.45) is 5.40. The molecule has 2 fully saturated rings. The molecule has 2 nitrogen and oxygen atoms in total. The van der Waals surface area contributed by atoms with E-state index in [0.29, 0.717) is 11.1 Å². The molecule has 2 rings (SSSR count). The summed E-state index contributed by atoms with van der Waals surface area (Å²) < 4.78 is 0. The minimum absolute atomic E-state index is 0.381. The summed E-state index contributed by atoms with van der Waals surface area (Å²) in [7, 11) is 0. The highest BCUT2D eigenvalue weighted by atomic mass is 15.1. The molecule has 1 saturated carbocycles. The lowest BCUT2D eigenvalue weighted by Crippen LogP contribution is -2.48. The number of rotatable bonds is 3. The lowest BCUT2D eigenvalue weighted by atomic mass is 10.00. The molecule has 1 unspecified atom stereocenters. The van der Waals surface area contributed by atoms with Crippen molar-refractivity contribution in [3.05, 3.63) is 0 Å². The van der Waals surface area contributed by atoms with E-state index in [0.717, 1.165) is 6.54 Å². The summed E-state index contributed by atoms with van der Waals surface area (Å²) >= 11 is 0. The van der Waals surface area contributed by atoms with Gasteiger partial charge >= 0.3 is 0 Å². The molecule has 0 aromatic rings. The maximum atomic E-state index is 3.65. The van der Waals surface area contributed by atoms with E-state index >= 15 is 0 Å². The highest BCUT2D eigenvalue weighted by molar-refractivity contribution is 5.01. The van der Waals surface area contributed by atoms with Gasteiger partial charge in [0, 0.05) is 17.6 Å². The van der Waals surface area contributed by atoms with Gasteiger partial charge in [-0.25, -0.2) is 0 Å². The topological polar surface area (TPSA) is 24.1 Å². The molecular formula is C10H20N2. The van der Waals surface area contributed by atoms with E-state index in [1.54, 1.807) is 0 Å². The molecule has 0 aromatic heterocycles. The van der Waals surface area contributed by atoms with Gasteiger partial charge in [0.05, 0.1) is 0 Å². The Balaban J connectivity index is 1.78. The smallest absolute Gasteiger partial charge is 0.0278 e. The molecule has 0 aromatic carbocycles. The van der Waals surface area contributed by atoms with Crippen LogP contribution < -0.4 is 10.6 Å². The maximum absolute atomic E-state index is 3.65. The van der Waals surface area contributed by atoms with E-state index in [-0.39, 0.29) is 0 Å². The SMILES string of the molecule is CC1(NCC2(C)CCCN2)CC1. The van der Waals surface area contributed by atoms with Crippen LogP contribution >= 0.6 is 0 Å². The molecule has 2 heteroatoms. The van der Waals surface area contributed by atoms with Crippen LogP contribution in [-0.2, 0) is 0 Å². The van der Waals surface area contributed by atoms with E-state index in [1.807, 2.05) is 0 Å². The van der Waals surface area contributed by atoms with Crippen molar-refractivity contribution < 1.29 is 0 Å². The van der Waals surface area contributed by atoms with Gasteiger partial charge in [0.2, 0.25) is 0 Å². The van der Waals surface area contributed by atoms with Gasteiger partial charge in [0.25, 0.3) is 0 Å². The van der Waals surface area contributed by atoms with Crippen molar-refractivity contribution >= 4 is 0 Å². The van der Waals surface area contributed by atoms with Crippen molar-refractivity contribution in [1.82, 2.24) is 10.6 Å². The molecule has 1 aliphatic carbocycles. The van der Waals surface area contributed by atoms with Crippen LogP contribution in [0.5, 0.6) is 0 Å². The normalized spacial score (nSPS) is 38.5. The van der Waals surface area contributed by atoms with Crippen LogP contribution in [0.1, 0.15) is 39.5 Å². The zero-order valence-electron chi connectivity index (χ0n) is 8.24. The molecule has 0 radical (unpaired) electrons. The third-order valence-electron chi connectivity index (χ3n) is 3.36. The van der Waals surface area contributed by atoms with Crippen molar-refractivity contribution in [3.63, 3.8) is 0 Å². The van der Waals surface area contributed by atoms with Crippen molar-refractivity contribution in [1.29, 1.82) is 0 Å². The summed E-state index contributed by atoms with van der Waals surface area (Å²) in [5.41, 5.74) is 0.874. The Bertz CT molecular complexity index is 167. The molecule has 2 aliphatic rings. The van der Waals surface area contributed by atoms with Crippen molar-refractivity contribution in [3.8, 4) is 0 Å². The Morgan fingerprint density at radius 1 is 1.25 bits per heavy atom. The Kier molecular flexibility index (Phi) is 1.92. The average molecular weight is 168 g/mol. The zero-order chi connectivity index (χ0) is 8.66. The average Bonchev–Trinajstić information content (AvgIpc) is 2.60. The highest BCUT2D eigenvalue weighted by Crippen LogP contribution is 2.34. The summed E-state index contributed by atoms with van der Waals surface area (Å²) in [5, 5.41) is 7.22. The highest BCUT2D eigenvalue weighted by Gasteiger charge is 2.39. The summed E-state index contributed by atoms with van der Waals surface area (Å²) in [5.74, 6) is 0. The van der Waals surface area contributed by atoms with E-state index in [2.05, 4.69) is 24.5 Å². The first-order valence-electron chi connectivity index (χ1n) is 5.12. The van der Waals surface area contributed by atoms with Gasteiger partial charge in [0.1, 0.15) is 0 Å². The van der Waals surface area contributed by atoms with Crippen LogP contribution in [0, 0.1) is 0 Å². The minimum Gasteiger partial charge on any atom is -0.310 e. The number of hydrogen-bond acceptors (Lipinski definition) is 2. The van der Waals surface area contributed by atoms with Crippen LogP contribution in [0.15, 0.2) is 0 Å². The van der Waals surface area contributed by atoms with Crippen LogP contribution in [0.3, 0.4) is 0 Å². The minimum atomic E-state index is 0.381. The number of hydrogen-bond donors (Lipinski definition) is 2. The molecule has 0 bridgehead atoms. The lowest BCUT2D eigenvalue weighted by Gasteiger charge is -2.27. The molecule has 0 amide bonds. The fourth-order valence-electron chi connectivity index (χ4n) is 1.88. The van der Waals surface area contributed by atoms with Crippen LogP contribution in [0.25, 0.3) is 0 Å². The van der Waals surface area contributed by atoms with Gasteiger partial charge in [-0.05, 0) is 46.1 Å². The fraction of sp³-hybridized carbons (Fsp3) is 1.00. The van der Waals surface area contributed by atoms with Crippen molar-refractivity contribution in [2.24, 2.45) is 0 Å². The van der Waals surface area contributed by atoms with Crippen molar-refractivity contribution in [2.45, 2.75) is 50.6 Å². The van der Waals surface area contributed by atoms with Gasteiger partial charge in [-0.3, -0.25) is 0 Å². The van der Waals surface area contributed by atoms with Gasteiger partial charge < -0.3 is 10.6 Å². The Morgan fingerprint density at radius 2 is 2.00 bits per heavy atom. The summed E-state index contributed by atoms with van der Waals surface area (Å²) in [6, 6.07) is 0. The first-order valence-corrected chi connectivity index (χ1v) is 5.12. The fourth-order valence-corrected chi connectivity index (χ4v) is 1.88. The molecule has 1 aliphatic heterocycles. The maximum Gasteiger partial charge on any atom is 0.0278 e. The molecule has 1 saturated heterocycles. The molecule has 1 atom stereocenters. The second kappa shape index (κ2) is 2.71. The summed E-state index contributed by atoms with van der Waals surface area (Å²) in [6.45, 7) is 7.00. The quantitative estimate of drug-likeness (QED) is 0.663. The predicted octanol–water partition coefficient (Wildman–Crippen LogP) is 1.27. The van der Waals surface area contributed by atoms with Gasteiger partial charge in [-0.2, -0.15) is 0 Å². The van der Waals surface area contributed by atoms with E-state index < -0.39 is 0 Å². The van der Waals surface area contributed by atoms with Crippen LogP contribution in [-0.4, -0.2) is 24.2 Å². The molecule has 1 heterocycles. The van der Waals surface area contributed by atoms with E-state index in [1.165, 1.54) is 32.2 Å².